The number of carbonyl (C=O) groups is 3. The number of hydrogen-bond donors (Lipinski definition) is 3. The molecular formula is C32H35FN4O4. The topological polar surface area (TPSA) is 114 Å². The van der Waals surface area contributed by atoms with Crippen LogP contribution in [0.4, 0.5) is 10.1 Å². The van der Waals surface area contributed by atoms with E-state index in [1.54, 1.807) is 0 Å². The van der Waals surface area contributed by atoms with Gasteiger partial charge in [-0.05, 0) is 65.9 Å². The summed E-state index contributed by atoms with van der Waals surface area (Å²) in [5.41, 5.74) is 9.99. The van der Waals surface area contributed by atoms with Crippen LogP contribution in [-0.2, 0) is 35.8 Å². The normalized spacial score (nSPS) is 17.8. The molecule has 2 aliphatic rings. The van der Waals surface area contributed by atoms with Crippen LogP contribution in [-0.4, -0.2) is 34.6 Å². The lowest BCUT2D eigenvalue weighted by atomic mass is 10.1. The van der Waals surface area contributed by atoms with Gasteiger partial charge in [-0.2, -0.15) is 0 Å². The van der Waals surface area contributed by atoms with E-state index in [-0.39, 0.29) is 49.1 Å². The van der Waals surface area contributed by atoms with Gasteiger partial charge in [0.1, 0.15) is 24.0 Å². The fraction of sp³-hybridized carbons (Fsp3) is 0.344. The highest BCUT2D eigenvalue weighted by atomic mass is 19.1. The van der Waals surface area contributed by atoms with E-state index in [0.29, 0.717) is 37.2 Å². The molecule has 4 N–H and O–H groups in total. The predicted octanol–water partition coefficient (Wildman–Crippen LogP) is 4.45. The molecule has 1 fully saturated rings. The summed E-state index contributed by atoms with van der Waals surface area (Å²) in [4.78, 5) is 38.8. The molecule has 1 amide bonds. The van der Waals surface area contributed by atoms with Gasteiger partial charge in [0, 0.05) is 44.6 Å². The predicted molar refractivity (Wildman–Crippen MR) is 154 cm³/mol. The van der Waals surface area contributed by atoms with Gasteiger partial charge in [0.05, 0.1) is 17.8 Å². The minimum atomic E-state index is -0.675. The van der Waals surface area contributed by atoms with Crippen LogP contribution >= 0.6 is 0 Å². The Labute approximate surface area is 239 Å². The summed E-state index contributed by atoms with van der Waals surface area (Å²) in [5, 5.41) is 6.70. The van der Waals surface area contributed by atoms with Gasteiger partial charge < -0.3 is 20.7 Å². The van der Waals surface area contributed by atoms with Crippen molar-refractivity contribution in [2.45, 2.75) is 71.1 Å². The van der Waals surface area contributed by atoms with E-state index >= 15 is 4.39 Å². The molecule has 1 aliphatic heterocycles. The number of carbonyl (C=O) groups excluding carboxylic acids is 3. The molecule has 214 valence electrons. The third-order valence-corrected chi connectivity index (χ3v) is 7.66. The van der Waals surface area contributed by atoms with Crippen molar-refractivity contribution in [1.82, 2.24) is 10.2 Å². The Morgan fingerprint density at radius 3 is 2.44 bits per heavy atom. The van der Waals surface area contributed by atoms with E-state index in [4.69, 9.17) is 10.5 Å². The summed E-state index contributed by atoms with van der Waals surface area (Å²) < 4.78 is 20.9. The molecule has 1 saturated carbocycles. The van der Waals surface area contributed by atoms with E-state index < -0.39 is 17.8 Å². The maximum absolute atomic E-state index is 15.0. The van der Waals surface area contributed by atoms with Crippen molar-refractivity contribution in [3.63, 3.8) is 0 Å². The molecule has 0 radical (unpaired) electrons. The lowest BCUT2D eigenvalue weighted by molar-refractivity contribution is -0.124. The standard InChI is InChI=1S/C32H35FN4O4/c1-20(36-25-6-10-27(11-7-25)41-19-22-4-2-21(16-34)3-5-22)35-17-23-14-24-18-37(32(40)31(24)28(33)15-23)29-12-8-26(38)9-13-30(29)39/h2-7,10-11,14-15,20,29,35-36H,8-9,12-13,16-19,34H2,1H3. The van der Waals surface area contributed by atoms with E-state index in [1.165, 1.54) is 11.0 Å². The molecule has 9 heteroatoms. The number of nitrogens with two attached hydrogens (primary N) is 1. The summed E-state index contributed by atoms with van der Waals surface area (Å²) in [7, 11) is 0. The zero-order chi connectivity index (χ0) is 28.9. The molecule has 0 spiro atoms. The molecule has 0 saturated heterocycles. The minimum absolute atomic E-state index is 0.0261. The van der Waals surface area contributed by atoms with Crippen molar-refractivity contribution < 1.29 is 23.5 Å². The molecule has 1 aliphatic carbocycles. The van der Waals surface area contributed by atoms with E-state index in [0.717, 1.165) is 22.6 Å². The number of nitrogens with one attached hydrogen (secondary N) is 2. The molecule has 5 rings (SSSR count). The van der Waals surface area contributed by atoms with Crippen molar-refractivity contribution in [1.29, 1.82) is 0 Å². The van der Waals surface area contributed by atoms with E-state index in [2.05, 4.69) is 10.6 Å². The first-order valence-corrected chi connectivity index (χ1v) is 14.0. The second kappa shape index (κ2) is 12.6. The number of ether oxygens (including phenoxy) is 1. The third kappa shape index (κ3) is 6.81. The quantitative estimate of drug-likeness (QED) is 0.249. The number of anilines is 1. The number of halogens is 1. The second-order valence-electron chi connectivity index (χ2n) is 10.7. The highest BCUT2D eigenvalue weighted by Gasteiger charge is 2.39. The maximum Gasteiger partial charge on any atom is 0.258 e. The SMILES string of the molecule is CC(NCc1cc(F)c2c(c1)CN(C1CCC(=O)CCC1=O)C2=O)Nc1ccc(OCc2ccc(CN)cc2)cc1. The lowest BCUT2D eigenvalue weighted by Gasteiger charge is -2.25. The van der Waals surface area contributed by atoms with Crippen LogP contribution in [0, 0.1) is 5.82 Å². The molecule has 3 aromatic rings. The van der Waals surface area contributed by atoms with Gasteiger partial charge in [-0.3, -0.25) is 19.7 Å². The number of nitrogens with zero attached hydrogens (tertiary/aromatic N) is 1. The van der Waals surface area contributed by atoms with E-state index in [9.17, 15) is 14.4 Å². The molecule has 2 atom stereocenters. The van der Waals surface area contributed by atoms with Crippen LogP contribution in [0.25, 0.3) is 0 Å². The van der Waals surface area contributed by atoms with Crippen molar-refractivity contribution in [3.8, 4) is 5.75 Å². The molecule has 3 aromatic carbocycles. The zero-order valence-electron chi connectivity index (χ0n) is 23.1. The van der Waals surface area contributed by atoms with Crippen molar-refractivity contribution >= 4 is 23.2 Å². The Hall–Kier alpha value is -4.08. The highest BCUT2D eigenvalue weighted by molar-refractivity contribution is 6.02. The summed E-state index contributed by atoms with van der Waals surface area (Å²) in [6.07, 6.45) is 0.777. The molecule has 8 nitrogen and oxygen atoms in total. The molecule has 0 bridgehead atoms. The van der Waals surface area contributed by atoms with Crippen molar-refractivity contribution in [3.05, 3.63) is 94.3 Å². The smallest absolute Gasteiger partial charge is 0.258 e. The van der Waals surface area contributed by atoms with Crippen LogP contribution in [0.15, 0.2) is 60.7 Å². The Morgan fingerprint density at radius 2 is 1.71 bits per heavy atom. The van der Waals surface area contributed by atoms with Gasteiger partial charge in [0.25, 0.3) is 5.91 Å². The largest absolute Gasteiger partial charge is 0.489 e. The summed E-state index contributed by atoms with van der Waals surface area (Å²) in [5.74, 6) is -0.404. The first kappa shape index (κ1) is 28.4. The minimum Gasteiger partial charge on any atom is -0.489 e. The van der Waals surface area contributed by atoms with Gasteiger partial charge in [-0.1, -0.05) is 30.3 Å². The Bertz CT molecular complexity index is 1420. The first-order valence-electron chi connectivity index (χ1n) is 14.0. The average molecular weight is 559 g/mol. The maximum atomic E-state index is 15.0. The average Bonchev–Trinajstić information content (AvgIpc) is 3.21. The summed E-state index contributed by atoms with van der Waals surface area (Å²) >= 11 is 0. The number of hydrogen-bond acceptors (Lipinski definition) is 7. The third-order valence-electron chi connectivity index (χ3n) is 7.66. The van der Waals surface area contributed by atoms with Crippen LogP contribution in [0.1, 0.15) is 65.2 Å². The molecule has 2 unspecified atom stereocenters. The van der Waals surface area contributed by atoms with Gasteiger partial charge >= 0.3 is 0 Å². The summed E-state index contributed by atoms with van der Waals surface area (Å²) in [6.45, 7) is 3.50. The Balaban J connectivity index is 1.13. The van der Waals surface area contributed by atoms with Gasteiger partial charge in [0.2, 0.25) is 0 Å². The van der Waals surface area contributed by atoms with E-state index in [1.807, 2.05) is 61.5 Å². The van der Waals surface area contributed by atoms with Crippen LogP contribution < -0.4 is 21.1 Å². The zero-order valence-corrected chi connectivity index (χ0v) is 23.1. The fourth-order valence-electron chi connectivity index (χ4n) is 5.34. The van der Waals surface area contributed by atoms with Crippen LogP contribution in [0.2, 0.25) is 0 Å². The van der Waals surface area contributed by atoms with Crippen LogP contribution in [0.3, 0.4) is 0 Å². The fourth-order valence-corrected chi connectivity index (χ4v) is 5.34. The molecule has 1 heterocycles. The molecule has 0 aromatic heterocycles. The summed E-state index contributed by atoms with van der Waals surface area (Å²) in [6, 6.07) is 18.2. The number of benzene rings is 3. The van der Waals surface area contributed by atoms with Gasteiger partial charge in [-0.25, -0.2) is 4.39 Å². The number of amides is 1. The second-order valence-corrected chi connectivity index (χ2v) is 10.7. The highest BCUT2D eigenvalue weighted by Crippen LogP contribution is 2.31. The number of Topliss-reactive ketones (excluding diaryl/α,β-unsaturated/α-hetero) is 2. The monoisotopic (exact) mass is 558 g/mol. The van der Waals surface area contributed by atoms with Crippen molar-refractivity contribution in [2.75, 3.05) is 5.32 Å². The van der Waals surface area contributed by atoms with Gasteiger partial charge in [-0.15, -0.1) is 0 Å². The Morgan fingerprint density at radius 1 is 0.976 bits per heavy atom. The first-order chi connectivity index (χ1) is 19.8. The van der Waals surface area contributed by atoms with Crippen LogP contribution in [0.5, 0.6) is 5.75 Å². The molecule has 41 heavy (non-hydrogen) atoms. The lowest BCUT2D eigenvalue weighted by Crippen LogP contribution is -2.40. The number of fused-ring (bicyclic) bond motifs is 1. The number of ketones is 2. The van der Waals surface area contributed by atoms with Gasteiger partial charge in [0.15, 0.2) is 5.78 Å². The van der Waals surface area contributed by atoms with Crippen molar-refractivity contribution in [2.24, 2.45) is 5.73 Å². The number of rotatable bonds is 10. The Kier molecular flexibility index (Phi) is 8.75. The molecular weight excluding hydrogens is 523 g/mol.